The van der Waals surface area contributed by atoms with Crippen molar-refractivity contribution in [2.45, 2.75) is 6.92 Å². The van der Waals surface area contributed by atoms with Gasteiger partial charge in [-0.15, -0.1) is 0 Å². The molecule has 0 aromatic heterocycles. The van der Waals surface area contributed by atoms with Crippen molar-refractivity contribution < 1.29 is 19.2 Å². The number of carbonyl (C=O) groups is 1. The van der Waals surface area contributed by atoms with E-state index in [2.05, 4.69) is 42.4 Å². The standard InChI is InChI=1S/C15H19Br2N3O3/c1-2-23-15-11(7-12(16)8-13(15)17)9-18-19-14(21)10-20-3-5-22-6-4-20/h7-9H,2-6,10H2,1H3,(H,19,21)/p+1/b18-9-. The molecule has 0 aliphatic carbocycles. The van der Waals surface area contributed by atoms with Gasteiger partial charge in [0.05, 0.1) is 30.5 Å². The second-order valence-corrected chi connectivity index (χ2v) is 6.84. The fourth-order valence-electron chi connectivity index (χ4n) is 2.25. The normalized spacial score (nSPS) is 15.8. The van der Waals surface area contributed by atoms with Gasteiger partial charge in [0.15, 0.2) is 6.54 Å². The highest BCUT2D eigenvalue weighted by atomic mass is 79.9. The summed E-state index contributed by atoms with van der Waals surface area (Å²) in [4.78, 5) is 13.1. The van der Waals surface area contributed by atoms with Crippen LogP contribution in [0.5, 0.6) is 5.75 Å². The average molecular weight is 450 g/mol. The molecule has 1 aromatic carbocycles. The van der Waals surface area contributed by atoms with Gasteiger partial charge in [0, 0.05) is 10.0 Å². The van der Waals surface area contributed by atoms with Gasteiger partial charge in [-0.1, -0.05) is 15.9 Å². The minimum absolute atomic E-state index is 0.106. The highest BCUT2D eigenvalue weighted by molar-refractivity contribution is 9.11. The molecule has 0 spiro atoms. The van der Waals surface area contributed by atoms with E-state index < -0.39 is 0 Å². The number of quaternary nitrogens is 1. The molecule has 0 radical (unpaired) electrons. The monoisotopic (exact) mass is 448 g/mol. The Kier molecular flexibility index (Phi) is 7.48. The van der Waals surface area contributed by atoms with Gasteiger partial charge in [0.25, 0.3) is 5.91 Å². The van der Waals surface area contributed by atoms with Crippen molar-refractivity contribution in [2.24, 2.45) is 5.10 Å². The number of rotatable bonds is 6. The number of hydrogen-bond acceptors (Lipinski definition) is 4. The second kappa shape index (κ2) is 9.36. The van der Waals surface area contributed by atoms with Crippen LogP contribution < -0.4 is 15.1 Å². The Balaban J connectivity index is 1.95. The summed E-state index contributed by atoms with van der Waals surface area (Å²) in [7, 11) is 0. The van der Waals surface area contributed by atoms with Crippen molar-refractivity contribution in [3.63, 3.8) is 0 Å². The molecule has 2 N–H and O–H groups in total. The minimum Gasteiger partial charge on any atom is -0.492 e. The number of nitrogens with one attached hydrogen (secondary N) is 2. The van der Waals surface area contributed by atoms with Gasteiger partial charge in [-0.05, 0) is 35.0 Å². The molecular weight excluding hydrogens is 430 g/mol. The average Bonchev–Trinajstić information content (AvgIpc) is 2.51. The third-order valence-electron chi connectivity index (χ3n) is 3.33. The number of halogens is 2. The van der Waals surface area contributed by atoms with Crippen LogP contribution in [0.1, 0.15) is 12.5 Å². The highest BCUT2D eigenvalue weighted by Crippen LogP contribution is 2.31. The predicted molar refractivity (Wildman–Crippen MR) is 95.1 cm³/mol. The Labute approximate surface area is 152 Å². The lowest BCUT2D eigenvalue weighted by Crippen LogP contribution is -3.15. The van der Waals surface area contributed by atoms with E-state index in [0.717, 1.165) is 27.6 Å². The van der Waals surface area contributed by atoms with Crippen LogP contribution in [0.3, 0.4) is 0 Å². The number of benzene rings is 1. The zero-order valence-electron chi connectivity index (χ0n) is 12.9. The third-order valence-corrected chi connectivity index (χ3v) is 4.38. The Hall–Kier alpha value is -0.960. The third kappa shape index (κ3) is 5.87. The van der Waals surface area contributed by atoms with E-state index in [4.69, 9.17) is 9.47 Å². The molecule has 1 fully saturated rings. The molecule has 0 saturated carbocycles. The number of nitrogens with zero attached hydrogens (tertiary/aromatic N) is 1. The molecule has 2 rings (SSSR count). The lowest BCUT2D eigenvalue weighted by Gasteiger charge is -2.22. The van der Waals surface area contributed by atoms with Crippen molar-refractivity contribution >= 4 is 44.0 Å². The molecule has 23 heavy (non-hydrogen) atoms. The van der Waals surface area contributed by atoms with Gasteiger partial charge in [-0.25, -0.2) is 5.43 Å². The number of morpholine rings is 1. The van der Waals surface area contributed by atoms with E-state index in [1.165, 1.54) is 4.90 Å². The van der Waals surface area contributed by atoms with Crippen LogP contribution in [-0.4, -0.2) is 51.6 Å². The van der Waals surface area contributed by atoms with E-state index in [1.54, 1.807) is 6.21 Å². The number of amides is 1. The van der Waals surface area contributed by atoms with E-state index in [0.29, 0.717) is 32.1 Å². The van der Waals surface area contributed by atoms with E-state index >= 15 is 0 Å². The van der Waals surface area contributed by atoms with Gasteiger partial charge >= 0.3 is 0 Å². The van der Waals surface area contributed by atoms with Crippen molar-refractivity contribution in [1.82, 2.24) is 5.43 Å². The molecule has 0 bridgehead atoms. The molecule has 1 heterocycles. The fourth-order valence-corrected chi connectivity index (χ4v) is 3.62. The summed E-state index contributed by atoms with van der Waals surface area (Å²) in [5.41, 5.74) is 3.35. The summed E-state index contributed by atoms with van der Waals surface area (Å²) in [6, 6.07) is 3.79. The molecular formula is C15H20Br2N3O3+. The van der Waals surface area contributed by atoms with Crippen molar-refractivity contribution in [3.05, 3.63) is 26.6 Å². The Morgan fingerprint density at radius 2 is 2.17 bits per heavy atom. The number of ether oxygens (including phenoxy) is 2. The van der Waals surface area contributed by atoms with Gasteiger partial charge in [-0.2, -0.15) is 5.10 Å². The van der Waals surface area contributed by atoms with Crippen LogP contribution in [0.4, 0.5) is 0 Å². The van der Waals surface area contributed by atoms with Crippen LogP contribution in [0.15, 0.2) is 26.2 Å². The highest BCUT2D eigenvalue weighted by Gasteiger charge is 2.17. The lowest BCUT2D eigenvalue weighted by atomic mass is 10.2. The largest absolute Gasteiger partial charge is 0.492 e. The zero-order chi connectivity index (χ0) is 16.7. The molecule has 1 saturated heterocycles. The van der Waals surface area contributed by atoms with Crippen molar-refractivity contribution in [1.29, 1.82) is 0 Å². The maximum absolute atomic E-state index is 11.9. The summed E-state index contributed by atoms with van der Waals surface area (Å²) >= 11 is 6.90. The summed E-state index contributed by atoms with van der Waals surface area (Å²) in [6.07, 6.45) is 1.59. The molecule has 1 amide bonds. The minimum atomic E-state index is -0.106. The summed E-state index contributed by atoms with van der Waals surface area (Å²) in [5, 5.41) is 4.04. The van der Waals surface area contributed by atoms with E-state index in [-0.39, 0.29) is 5.91 Å². The molecule has 1 aliphatic rings. The summed E-state index contributed by atoms with van der Waals surface area (Å²) in [5.74, 6) is 0.595. The van der Waals surface area contributed by atoms with Crippen LogP contribution in [0.25, 0.3) is 0 Å². The van der Waals surface area contributed by atoms with Crippen LogP contribution in [0, 0.1) is 0 Å². The smallest absolute Gasteiger partial charge is 0.295 e. The number of hydrogen-bond donors (Lipinski definition) is 2. The molecule has 6 nitrogen and oxygen atoms in total. The van der Waals surface area contributed by atoms with Crippen LogP contribution in [0.2, 0.25) is 0 Å². The quantitative estimate of drug-likeness (QED) is 0.502. The lowest BCUT2D eigenvalue weighted by molar-refractivity contribution is -0.900. The molecule has 1 aliphatic heterocycles. The molecule has 1 aromatic rings. The Morgan fingerprint density at radius 3 is 2.87 bits per heavy atom. The van der Waals surface area contributed by atoms with Crippen LogP contribution >= 0.6 is 31.9 Å². The fraction of sp³-hybridized carbons (Fsp3) is 0.467. The van der Waals surface area contributed by atoms with Gasteiger partial charge < -0.3 is 14.4 Å². The van der Waals surface area contributed by atoms with Gasteiger partial charge in [0.1, 0.15) is 18.8 Å². The first-order chi connectivity index (χ1) is 11.1. The summed E-state index contributed by atoms with van der Waals surface area (Å²) in [6.45, 7) is 5.98. The number of hydrazone groups is 1. The second-order valence-electron chi connectivity index (χ2n) is 5.07. The molecule has 0 unspecified atom stereocenters. The van der Waals surface area contributed by atoms with Crippen molar-refractivity contribution in [3.8, 4) is 5.75 Å². The molecule has 0 atom stereocenters. The first kappa shape index (κ1) is 18.4. The number of carbonyl (C=O) groups excluding carboxylic acids is 1. The van der Waals surface area contributed by atoms with Gasteiger partial charge in [-0.3, -0.25) is 4.79 Å². The molecule has 8 heteroatoms. The maximum Gasteiger partial charge on any atom is 0.295 e. The van der Waals surface area contributed by atoms with Gasteiger partial charge in [0.2, 0.25) is 0 Å². The van der Waals surface area contributed by atoms with E-state index in [9.17, 15) is 4.79 Å². The maximum atomic E-state index is 11.9. The first-order valence-corrected chi connectivity index (χ1v) is 9.03. The predicted octanol–water partition coefficient (Wildman–Crippen LogP) is 0.975. The Bertz CT molecular complexity index is 575. The topological polar surface area (TPSA) is 64.4 Å². The Morgan fingerprint density at radius 1 is 1.43 bits per heavy atom. The first-order valence-electron chi connectivity index (χ1n) is 7.45. The zero-order valence-corrected chi connectivity index (χ0v) is 16.1. The summed E-state index contributed by atoms with van der Waals surface area (Å²) < 4.78 is 12.6. The van der Waals surface area contributed by atoms with E-state index in [1.807, 2.05) is 19.1 Å². The van der Waals surface area contributed by atoms with Crippen molar-refractivity contribution in [2.75, 3.05) is 39.5 Å². The van der Waals surface area contributed by atoms with Crippen LogP contribution in [-0.2, 0) is 9.53 Å². The molecule has 126 valence electrons. The SMILES string of the molecule is CCOc1c(Br)cc(Br)cc1/C=N\NC(=O)C[NH+]1CCOCC1.